The van der Waals surface area contributed by atoms with E-state index in [2.05, 4.69) is 13.0 Å². The fraction of sp³-hybridized carbons (Fsp3) is 0.316. The number of carbonyl (C=O) groups is 1. The molecule has 0 bridgehead atoms. The number of hydrogen-bond donors (Lipinski definition) is 0. The molecule has 1 heterocycles. The topological polar surface area (TPSA) is 38.8 Å². The minimum absolute atomic E-state index is 0.0104. The fourth-order valence-electron chi connectivity index (χ4n) is 3.09. The maximum absolute atomic E-state index is 13.0. The van der Waals surface area contributed by atoms with Crippen molar-refractivity contribution in [2.24, 2.45) is 0 Å². The van der Waals surface area contributed by atoms with E-state index in [1.54, 1.807) is 25.3 Å². The molecule has 0 saturated heterocycles. The van der Waals surface area contributed by atoms with Crippen LogP contribution in [0.1, 0.15) is 29.8 Å². The number of anilines is 1. The number of nitrogens with zero attached hydrogens (tertiary/aromatic N) is 1. The molecule has 1 aliphatic heterocycles. The van der Waals surface area contributed by atoms with Crippen LogP contribution in [0.3, 0.4) is 0 Å². The van der Waals surface area contributed by atoms with E-state index < -0.39 is 0 Å². The van der Waals surface area contributed by atoms with Crippen molar-refractivity contribution in [1.82, 2.24) is 0 Å². The molecule has 2 aromatic carbocycles. The first-order valence-corrected chi connectivity index (χ1v) is 7.88. The summed E-state index contributed by atoms with van der Waals surface area (Å²) in [7, 11) is 1.58. The van der Waals surface area contributed by atoms with Gasteiger partial charge in [-0.05, 0) is 50.1 Å². The summed E-state index contributed by atoms with van der Waals surface area (Å²) in [6.07, 6.45) is 0.885. The average Bonchev–Trinajstić information content (AvgIpc) is 2.90. The summed E-state index contributed by atoms with van der Waals surface area (Å²) in [5, 5.41) is 0. The molecule has 0 aromatic heterocycles. The molecule has 0 N–H and O–H groups in total. The van der Waals surface area contributed by atoms with Crippen molar-refractivity contribution in [1.29, 1.82) is 0 Å². The van der Waals surface area contributed by atoms with Gasteiger partial charge in [0.2, 0.25) is 0 Å². The van der Waals surface area contributed by atoms with Crippen LogP contribution in [0, 0.1) is 0 Å². The van der Waals surface area contributed by atoms with Gasteiger partial charge in [-0.15, -0.1) is 0 Å². The lowest BCUT2D eigenvalue weighted by Crippen LogP contribution is -2.35. The lowest BCUT2D eigenvalue weighted by atomic mass is 10.1. The van der Waals surface area contributed by atoms with Gasteiger partial charge in [0, 0.05) is 17.3 Å². The first kappa shape index (κ1) is 15.4. The lowest BCUT2D eigenvalue weighted by Gasteiger charge is -2.23. The minimum atomic E-state index is -0.0104. The minimum Gasteiger partial charge on any atom is -0.493 e. The van der Waals surface area contributed by atoms with Crippen molar-refractivity contribution in [2.75, 3.05) is 18.6 Å². The van der Waals surface area contributed by atoms with Crippen LogP contribution >= 0.6 is 0 Å². The van der Waals surface area contributed by atoms with Crippen molar-refractivity contribution < 1.29 is 14.3 Å². The van der Waals surface area contributed by atoms with Gasteiger partial charge < -0.3 is 14.4 Å². The molecule has 0 aliphatic carbocycles. The second-order valence-corrected chi connectivity index (χ2v) is 5.66. The third-order valence-corrected chi connectivity index (χ3v) is 4.14. The Hall–Kier alpha value is -2.49. The monoisotopic (exact) mass is 311 g/mol. The molecule has 1 amide bonds. The van der Waals surface area contributed by atoms with Crippen molar-refractivity contribution in [2.45, 2.75) is 26.3 Å². The van der Waals surface area contributed by atoms with E-state index in [1.807, 2.05) is 30.0 Å². The summed E-state index contributed by atoms with van der Waals surface area (Å²) in [5.41, 5.74) is 2.82. The highest BCUT2D eigenvalue weighted by molar-refractivity contribution is 6.08. The van der Waals surface area contributed by atoms with Crippen molar-refractivity contribution >= 4 is 11.6 Å². The number of ether oxygens (including phenoxy) is 2. The second kappa shape index (κ2) is 6.32. The highest BCUT2D eigenvalue weighted by Gasteiger charge is 2.31. The molecule has 4 heteroatoms. The Morgan fingerprint density at radius 2 is 2.00 bits per heavy atom. The SMILES string of the molecule is CCOc1ccc(C(=O)N2c3ccccc3C[C@H]2C)cc1OC. The molecule has 2 aromatic rings. The summed E-state index contributed by atoms with van der Waals surface area (Å²) >= 11 is 0. The summed E-state index contributed by atoms with van der Waals surface area (Å²) < 4.78 is 10.9. The first-order chi connectivity index (χ1) is 11.2. The zero-order valence-electron chi connectivity index (χ0n) is 13.7. The van der Waals surface area contributed by atoms with Gasteiger partial charge in [0.25, 0.3) is 5.91 Å². The van der Waals surface area contributed by atoms with Crippen LogP contribution < -0.4 is 14.4 Å². The van der Waals surface area contributed by atoms with E-state index >= 15 is 0 Å². The molecular formula is C19H21NO3. The van der Waals surface area contributed by atoms with E-state index in [0.717, 1.165) is 12.1 Å². The van der Waals surface area contributed by atoms with Crippen molar-refractivity contribution in [3.05, 3.63) is 53.6 Å². The van der Waals surface area contributed by atoms with Gasteiger partial charge in [0.1, 0.15) is 0 Å². The van der Waals surface area contributed by atoms with Crippen molar-refractivity contribution in [3.63, 3.8) is 0 Å². The number of hydrogen-bond acceptors (Lipinski definition) is 3. The van der Waals surface area contributed by atoms with Gasteiger partial charge in [-0.1, -0.05) is 18.2 Å². The molecule has 0 radical (unpaired) electrons. The molecular weight excluding hydrogens is 290 g/mol. The number of methoxy groups -OCH3 is 1. The molecule has 0 fully saturated rings. The Labute approximate surface area is 136 Å². The summed E-state index contributed by atoms with van der Waals surface area (Å²) in [6.45, 7) is 4.55. The quantitative estimate of drug-likeness (QED) is 0.864. The Balaban J connectivity index is 1.95. The van der Waals surface area contributed by atoms with Gasteiger partial charge in [-0.2, -0.15) is 0 Å². The average molecular weight is 311 g/mol. The normalized spacial score (nSPS) is 16.1. The van der Waals surface area contributed by atoms with Gasteiger partial charge in [0.15, 0.2) is 11.5 Å². The van der Waals surface area contributed by atoms with Crippen LogP contribution in [0.15, 0.2) is 42.5 Å². The smallest absolute Gasteiger partial charge is 0.258 e. The summed E-state index contributed by atoms with van der Waals surface area (Å²) in [6, 6.07) is 13.6. The first-order valence-electron chi connectivity index (χ1n) is 7.88. The predicted molar refractivity (Wildman–Crippen MR) is 90.6 cm³/mol. The molecule has 0 saturated carbocycles. The maximum atomic E-state index is 13.0. The Morgan fingerprint density at radius 1 is 1.22 bits per heavy atom. The summed E-state index contributed by atoms with van der Waals surface area (Å²) in [4.78, 5) is 14.9. The third-order valence-electron chi connectivity index (χ3n) is 4.14. The standard InChI is InChI=1S/C19H21NO3/c1-4-23-17-10-9-15(12-18(17)22-3)19(21)20-13(2)11-14-7-5-6-8-16(14)20/h5-10,12-13H,4,11H2,1-3H3/t13-/m1/s1. The molecule has 1 atom stereocenters. The molecule has 4 nitrogen and oxygen atoms in total. The van der Waals surface area contributed by atoms with E-state index in [0.29, 0.717) is 23.7 Å². The van der Waals surface area contributed by atoms with E-state index in [-0.39, 0.29) is 11.9 Å². The zero-order valence-corrected chi connectivity index (χ0v) is 13.7. The molecule has 3 rings (SSSR count). The molecule has 23 heavy (non-hydrogen) atoms. The van der Waals surface area contributed by atoms with Crippen molar-refractivity contribution in [3.8, 4) is 11.5 Å². The molecule has 0 spiro atoms. The number of fused-ring (bicyclic) bond motifs is 1. The number of rotatable bonds is 4. The number of para-hydroxylation sites is 1. The van der Waals surface area contributed by atoms with E-state index in [9.17, 15) is 4.79 Å². The molecule has 1 aliphatic rings. The fourth-order valence-corrected chi connectivity index (χ4v) is 3.09. The van der Waals surface area contributed by atoms with E-state index in [4.69, 9.17) is 9.47 Å². The van der Waals surface area contributed by atoms with Crippen LogP contribution in [0.5, 0.6) is 11.5 Å². The van der Waals surface area contributed by atoms with Crippen LogP contribution in [0.25, 0.3) is 0 Å². The van der Waals surface area contributed by atoms with Gasteiger partial charge >= 0.3 is 0 Å². The third kappa shape index (κ3) is 2.77. The Morgan fingerprint density at radius 3 is 2.74 bits per heavy atom. The highest BCUT2D eigenvalue weighted by atomic mass is 16.5. The maximum Gasteiger partial charge on any atom is 0.258 e. The van der Waals surface area contributed by atoms with Crippen LogP contribution in [-0.2, 0) is 6.42 Å². The predicted octanol–water partition coefficient (Wildman–Crippen LogP) is 3.69. The Kier molecular flexibility index (Phi) is 4.24. The van der Waals surface area contributed by atoms with Gasteiger partial charge in [-0.3, -0.25) is 4.79 Å². The van der Waals surface area contributed by atoms with Crippen LogP contribution in [0.2, 0.25) is 0 Å². The number of benzene rings is 2. The number of amides is 1. The largest absolute Gasteiger partial charge is 0.493 e. The van der Waals surface area contributed by atoms with E-state index in [1.165, 1.54) is 5.56 Å². The summed E-state index contributed by atoms with van der Waals surface area (Å²) in [5.74, 6) is 1.23. The lowest BCUT2D eigenvalue weighted by molar-refractivity contribution is 0.0981. The second-order valence-electron chi connectivity index (χ2n) is 5.66. The molecule has 120 valence electrons. The Bertz CT molecular complexity index is 726. The zero-order chi connectivity index (χ0) is 16.4. The highest BCUT2D eigenvalue weighted by Crippen LogP contribution is 2.34. The van der Waals surface area contributed by atoms with Gasteiger partial charge in [-0.25, -0.2) is 0 Å². The molecule has 0 unspecified atom stereocenters. The number of carbonyl (C=O) groups excluding carboxylic acids is 1. The van der Waals surface area contributed by atoms with Crippen LogP contribution in [-0.4, -0.2) is 25.7 Å². The van der Waals surface area contributed by atoms with Crippen LogP contribution in [0.4, 0.5) is 5.69 Å². The van der Waals surface area contributed by atoms with Gasteiger partial charge in [0.05, 0.1) is 13.7 Å².